The third-order valence-corrected chi connectivity index (χ3v) is 4.22. The summed E-state index contributed by atoms with van der Waals surface area (Å²) in [5.74, 6) is 0.736. The summed E-state index contributed by atoms with van der Waals surface area (Å²) in [6.45, 7) is 0.492. The number of hydrogen-bond donors (Lipinski definition) is 0. The van der Waals surface area contributed by atoms with Crippen LogP contribution in [0.15, 0.2) is 72.0 Å². The van der Waals surface area contributed by atoms with Crippen molar-refractivity contribution in [3.63, 3.8) is 0 Å². The quantitative estimate of drug-likeness (QED) is 0.668. The lowest BCUT2D eigenvalue weighted by Gasteiger charge is -2.07. The number of benzene rings is 2. The second kappa shape index (κ2) is 6.80. The zero-order valence-corrected chi connectivity index (χ0v) is 13.9. The van der Waals surface area contributed by atoms with E-state index < -0.39 is 9.84 Å². The lowest BCUT2D eigenvalue weighted by Crippen LogP contribution is -2.04. The molecule has 0 aliphatic carbocycles. The third kappa shape index (κ3) is 3.97. The van der Waals surface area contributed by atoms with E-state index in [1.165, 1.54) is 6.20 Å². The van der Waals surface area contributed by atoms with Crippen LogP contribution in [0.4, 0.5) is 0 Å². The Balaban J connectivity index is 1.75. The zero-order chi connectivity index (χ0) is 17.0. The average Bonchev–Trinajstić information content (AvgIpc) is 2.61. The first-order chi connectivity index (χ1) is 11.5. The summed E-state index contributed by atoms with van der Waals surface area (Å²) in [5, 5.41) is -0.176. The van der Waals surface area contributed by atoms with E-state index in [0.717, 1.165) is 23.1 Å². The van der Waals surface area contributed by atoms with E-state index in [4.69, 9.17) is 4.74 Å². The van der Waals surface area contributed by atoms with Crippen LogP contribution in [-0.4, -0.2) is 24.6 Å². The van der Waals surface area contributed by atoms with Gasteiger partial charge in [-0.05, 0) is 35.9 Å². The molecule has 1 aromatic heterocycles. The van der Waals surface area contributed by atoms with Gasteiger partial charge in [0.05, 0.1) is 5.69 Å². The van der Waals surface area contributed by atoms with Gasteiger partial charge >= 0.3 is 0 Å². The molecular weight excluding hydrogens is 324 g/mol. The van der Waals surface area contributed by atoms with E-state index in [9.17, 15) is 8.42 Å². The number of ether oxygens (including phenoxy) is 1. The highest BCUT2D eigenvalue weighted by molar-refractivity contribution is 7.90. The van der Waals surface area contributed by atoms with Crippen LogP contribution in [0, 0.1) is 0 Å². The van der Waals surface area contributed by atoms with Crippen molar-refractivity contribution < 1.29 is 13.2 Å². The van der Waals surface area contributed by atoms with Gasteiger partial charge in [-0.15, -0.1) is 0 Å². The van der Waals surface area contributed by atoms with Crippen molar-refractivity contribution in [3.8, 4) is 17.0 Å². The molecule has 0 unspecified atom stereocenters. The van der Waals surface area contributed by atoms with Crippen LogP contribution in [-0.2, 0) is 16.4 Å². The molecule has 0 fully saturated rings. The topological polar surface area (TPSA) is 69.2 Å². The molecule has 0 N–H and O–H groups in total. The van der Waals surface area contributed by atoms with Crippen molar-refractivity contribution in [2.75, 3.05) is 6.26 Å². The average molecular weight is 340 g/mol. The first-order valence-electron chi connectivity index (χ1n) is 7.33. The predicted octanol–water partition coefficient (Wildman–Crippen LogP) is 3.13. The molecule has 0 aliphatic heterocycles. The number of aromatic nitrogens is 2. The van der Waals surface area contributed by atoms with Gasteiger partial charge in [-0.2, -0.15) is 0 Å². The monoisotopic (exact) mass is 340 g/mol. The second-order valence-electron chi connectivity index (χ2n) is 5.30. The highest BCUT2D eigenvalue weighted by atomic mass is 32.2. The van der Waals surface area contributed by atoms with Crippen LogP contribution >= 0.6 is 0 Å². The van der Waals surface area contributed by atoms with Gasteiger partial charge in [0.1, 0.15) is 12.4 Å². The summed E-state index contributed by atoms with van der Waals surface area (Å²) >= 11 is 0. The Labute approximate surface area is 140 Å². The molecule has 0 atom stereocenters. The summed E-state index contributed by atoms with van der Waals surface area (Å²) in [6, 6.07) is 18.9. The van der Waals surface area contributed by atoms with E-state index in [1.54, 1.807) is 6.07 Å². The fourth-order valence-electron chi connectivity index (χ4n) is 2.14. The summed E-state index contributed by atoms with van der Waals surface area (Å²) in [7, 11) is -3.43. The Morgan fingerprint density at radius 2 is 1.67 bits per heavy atom. The van der Waals surface area contributed by atoms with Crippen molar-refractivity contribution in [2.24, 2.45) is 0 Å². The second-order valence-corrected chi connectivity index (χ2v) is 7.20. The SMILES string of the molecule is CS(=O)(=O)c1nccc(-c2ccc(OCc3ccccc3)cc2)n1. The molecule has 122 valence electrons. The fourth-order valence-corrected chi connectivity index (χ4v) is 2.66. The van der Waals surface area contributed by atoms with Gasteiger partial charge in [0.25, 0.3) is 0 Å². The van der Waals surface area contributed by atoms with Crippen LogP contribution < -0.4 is 4.74 Å². The zero-order valence-electron chi connectivity index (χ0n) is 13.1. The molecule has 5 nitrogen and oxygen atoms in total. The first kappa shape index (κ1) is 16.1. The van der Waals surface area contributed by atoms with Crippen LogP contribution in [0.25, 0.3) is 11.3 Å². The van der Waals surface area contributed by atoms with Gasteiger partial charge in [0.15, 0.2) is 0 Å². The van der Waals surface area contributed by atoms with E-state index in [2.05, 4.69) is 9.97 Å². The molecule has 1 heterocycles. The lowest BCUT2D eigenvalue weighted by atomic mass is 10.1. The highest BCUT2D eigenvalue weighted by Crippen LogP contribution is 2.22. The highest BCUT2D eigenvalue weighted by Gasteiger charge is 2.12. The molecule has 0 saturated heterocycles. The Morgan fingerprint density at radius 1 is 0.958 bits per heavy atom. The molecule has 3 rings (SSSR count). The summed E-state index contributed by atoms with van der Waals surface area (Å²) in [5.41, 5.74) is 2.45. The fraction of sp³-hybridized carbons (Fsp3) is 0.111. The molecule has 3 aromatic rings. The molecule has 6 heteroatoms. The minimum Gasteiger partial charge on any atom is -0.489 e. The standard InChI is InChI=1S/C18H16N2O3S/c1-24(21,22)18-19-12-11-17(20-18)15-7-9-16(10-8-15)23-13-14-5-3-2-4-6-14/h2-12H,13H2,1H3. The van der Waals surface area contributed by atoms with Crippen molar-refractivity contribution in [1.82, 2.24) is 9.97 Å². The minimum atomic E-state index is -3.43. The Bertz CT molecular complexity index is 924. The number of nitrogens with zero attached hydrogens (tertiary/aromatic N) is 2. The smallest absolute Gasteiger partial charge is 0.247 e. The molecule has 0 bridgehead atoms. The summed E-state index contributed by atoms with van der Waals surface area (Å²) in [6.07, 6.45) is 2.53. The van der Waals surface area contributed by atoms with Gasteiger partial charge < -0.3 is 4.74 Å². The van der Waals surface area contributed by atoms with Crippen molar-refractivity contribution >= 4 is 9.84 Å². The van der Waals surface area contributed by atoms with E-state index in [0.29, 0.717) is 12.3 Å². The van der Waals surface area contributed by atoms with Gasteiger partial charge in [-0.3, -0.25) is 0 Å². The van der Waals surface area contributed by atoms with Crippen LogP contribution in [0.1, 0.15) is 5.56 Å². The van der Waals surface area contributed by atoms with Crippen LogP contribution in [0.2, 0.25) is 0 Å². The Kier molecular flexibility index (Phi) is 4.57. The van der Waals surface area contributed by atoms with Crippen molar-refractivity contribution in [2.45, 2.75) is 11.8 Å². The van der Waals surface area contributed by atoms with Gasteiger partial charge in [0, 0.05) is 18.0 Å². The number of rotatable bonds is 5. The molecular formula is C18H16N2O3S. The normalized spacial score (nSPS) is 11.2. The molecule has 0 spiro atoms. The van der Waals surface area contributed by atoms with Gasteiger partial charge in [-0.25, -0.2) is 18.4 Å². The lowest BCUT2D eigenvalue weighted by molar-refractivity contribution is 0.306. The summed E-state index contributed by atoms with van der Waals surface area (Å²) in [4.78, 5) is 7.89. The number of hydrogen-bond acceptors (Lipinski definition) is 5. The molecule has 24 heavy (non-hydrogen) atoms. The van der Waals surface area contributed by atoms with Crippen LogP contribution in [0.3, 0.4) is 0 Å². The van der Waals surface area contributed by atoms with Crippen molar-refractivity contribution in [1.29, 1.82) is 0 Å². The number of sulfone groups is 1. The molecule has 0 aliphatic rings. The predicted molar refractivity (Wildman–Crippen MR) is 91.4 cm³/mol. The van der Waals surface area contributed by atoms with Crippen molar-refractivity contribution in [3.05, 3.63) is 72.4 Å². The van der Waals surface area contributed by atoms with E-state index in [1.807, 2.05) is 54.6 Å². The molecule has 2 aromatic carbocycles. The maximum Gasteiger partial charge on any atom is 0.247 e. The maximum absolute atomic E-state index is 11.5. The molecule has 0 saturated carbocycles. The Morgan fingerprint density at radius 3 is 2.33 bits per heavy atom. The van der Waals surface area contributed by atoms with E-state index in [-0.39, 0.29) is 5.16 Å². The largest absolute Gasteiger partial charge is 0.489 e. The molecule has 0 radical (unpaired) electrons. The minimum absolute atomic E-state index is 0.176. The molecule has 0 amide bonds. The maximum atomic E-state index is 11.5. The van der Waals surface area contributed by atoms with Gasteiger partial charge in [-0.1, -0.05) is 30.3 Å². The van der Waals surface area contributed by atoms with Crippen LogP contribution in [0.5, 0.6) is 5.75 Å². The third-order valence-electron chi connectivity index (χ3n) is 3.36. The van der Waals surface area contributed by atoms with E-state index >= 15 is 0 Å². The summed E-state index contributed by atoms with van der Waals surface area (Å²) < 4.78 is 28.8. The van der Waals surface area contributed by atoms with Gasteiger partial charge in [0.2, 0.25) is 15.0 Å². The Hall–Kier alpha value is -2.73. The first-order valence-corrected chi connectivity index (χ1v) is 9.22.